The van der Waals surface area contributed by atoms with Crippen LogP contribution in [0.2, 0.25) is 0 Å². The fraction of sp³-hybridized carbons (Fsp3) is 0.353. The molecule has 2 aromatic rings. The number of rotatable bonds is 6. The molecule has 0 aliphatic heterocycles. The van der Waals surface area contributed by atoms with Crippen LogP contribution in [-0.2, 0) is 19.1 Å². The second-order valence-corrected chi connectivity index (χ2v) is 4.87. The number of carbonyl (C=O) groups is 2. The predicted octanol–water partition coefficient (Wildman–Crippen LogP) is 2.38. The number of ether oxygens (including phenoxy) is 2. The van der Waals surface area contributed by atoms with Gasteiger partial charge in [-0.25, -0.2) is 15.0 Å². The number of para-hydroxylation sites is 1. The quantitative estimate of drug-likeness (QED) is 0.459. The average molecular weight is 329 g/mol. The molecule has 1 aromatic carbocycles. The summed E-state index contributed by atoms with van der Waals surface area (Å²) in [5, 5.41) is 0.728. The Labute approximate surface area is 139 Å². The fourth-order valence-electron chi connectivity index (χ4n) is 2.10. The molecule has 0 bridgehead atoms. The maximum atomic E-state index is 12.0. The van der Waals surface area contributed by atoms with E-state index in [2.05, 4.69) is 15.0 Å². The van der Waals surface area contributed by atoms with E-state index in [4.69, 9.17) is 9.47 Å². The Morgan fingerprint density at radius 1 is 1.12 bits per heavy atom. The van der Waals surface area contributed by atoms with Gasteiger partial charge < -0.3 is 9.47 Å². The molecule has 0 aliphatic carbocycles. The topological polar surface area (TPSA) is 90.7 Å². The van der Waals surface area contributed by atoms with Crippen molar-refractivity contribution in [1.29, 1.82) is 0 Å². The van der Waals surface area contributed by atoms with E-state index in [-0.39, 0.29) is 13.2 Å². The smallest absolute Gasteiger partial charge is 0.325 e. The first-order valence-electron chi connectivity index (χ1n) is 7.67. The molecule has 1 aromatic heterocycles. The maximum Gasteiger partial charge on any atom is 0.325 e. The van der Waals surface area contributed by atoms with E-state index < -0.39 is 17.9 Å². The van der Waals surface area contributed by atoms with Crippen LogP contribution < -0.4 is 0 Å². The molecule has 7 nitrogen and oxygen atoms in total. The lowest BCUT2D eigenvalue weighted by atomic mass is 10.1. The molecule has 0 spiro atoms. The van der Waals surface area contributed by atoms with E-state index in [0.717, 1.165) is 10.9 Å². The van der Waals surface area contributed by atoms with Gasteiger partial charge in [0.05, 0.1) is 18.7 Å². The third kappa shape index (κ3) is 4.13. The van der Waals surface area contributed by atoms with E-state index in [1.165, 1.54) is 6.21 Å². The van der Waals surface area contributed by atoms with Crippen LogP contribution in [0.3, 0.4) is 0 Å². The summed E-state index contributed by atoms with van der Waals surface area (Å²) in [4.78, 5) is 36.7. The largest absolute Gasteiger partial charge is 0.465 e. The molecule has 7 heteroatoms. The van der Waals surface area contributed by atoms with Crippen LogP contribution in [0.5, 0.6) is 0 Å². The van der Waals surface area contributed by atoms with E-state index in [0.29, 0.717) is 11.6 Å². The molecular formula is C17H19N3O4. The van der Waals surface area contributed by atoms with Gasteiger partial charge in [-0.3, -0.25) is 9.59 Å². The highest BCUT2D eigenvalue weighted by atomic mass is 16.6. The Morgan fingerprint density at radius 2 is 1.75 bits per heavy atom. The van der Waals surface area contributed by atoms with E-state index >= 15 is 0 Å². The van der Waals surface area contributed by atoms with E-state index in [1.807, 2.05) is 24.3 Å². The van der Waals surface area contributed by atoms with Crippen molar-refractivity contribution in [2.45, 2.75) is 20.8 Å². The van der Waals surface area contributed by atoms with Gasteiger partial charge in [-0.15, -0.1) is 0 Å². The van der Waals surface area contributed by atoms with Gasteiger partial charge in [0.1, 0.15) is 5.82 Å². The number of hydrogen-bond acceptors (Lipinski definition) is 7. The molecule has 1 heterocycles. The first-order valence-corrected chi connectivity index (χ1v) is 7.67. The Hall–Kier alpha value is -2.83. The van der Waals surface area contributed by atoms with Crippen LogP contribution in [0.25, 0.3) is 10.9 Å². The summed E-state index contributed by atoms with van der Waals surface area (Å²) in [6.45, 7) is 5.41. The lowest BCUT2D eigenvalue weighted by Crippen LogP contribution is -2.29. The number of fused-ring (bicyclic) bond motifs is 1. The predicted molar refractivity (Wildman–Crippen MR) is 89.2 cm³/mol. The number of aryl methyl sites for hydroxylation is 1. The summed E-state index contributed by atoms with van der Waals surface area (Å²) < 4.78 is 9.81. The average Bonchev–Trinajstić information content (AvgIpc) is 2.55. The third-order valence-electron chi connectivity index (χ3n) is 3.12. The summed E-state index contributed by atoms with van der Waals surface area (Å²) in [6, 6.07) is 7.37. The molecule has 24 heavy (non-hydrogen) atoms. The fourth-order valence-corrected chi connectivity index (χ4v) is 2.10. The van der Waals surface area contributed by atoms with Gasteiger partial charge in [-0.1, -0.05) is 12.1 Å². The van der Waals surface area contributed by atoms with Crippen molar-refractivity contribution in [2.24, 2.45) is 10.9 Å². The molecule has 2 rings (SSSR count). The Morgan fingerprint density at radius 3 is 2.38 bits per heavy atom. The van der Waals surface area contributed by atoms with Gasteiger partial charge in [-0.05, 0) is 32.9 Å². The first kappa shape index (κ1) is 17.5. The normalized spacial score (nSPS) is 11.2. The zero-order valence-electron chi connectivity index (χ0n) is 13.9. The minimum absolute atomic E-state index is 0.165. The Kier molecular flexibility index (Phi) is 5.95. The van der Waals surface area contributed by atoms with Crippen LogP contribution >= 0.6 is 0 Å². The number of esters is 2. The molecule has 0 radical (unpaired) electrons. The standard InChI is InChI=1S/C17H19N3O4/c1-4-23-16(21)13(17(22)24-5-2)10-18-15-12-8-6-7-9-14(12)19-11(3)20-15/h6-10,13H,4-5H2,1-3H3. The zero-order chi connectivity index (χ0) is 17.5. The molecule has 0 saturated heterocycles. The lowest BCUT2D eigenvalue weighted by Gasteiger charge is -2.10. The van der Waals surface area contributed by atoms with Gasteiger partial charge >= 0.3 is 11.9 Å². The van der Waals surface area contributed by atoms with Crippen molar-refractivity contribution < 1.29 is 19.1 Å². The monoisotopic (exact) mass is 329 g/mol. The van der Waals surface area contributed by atoms with Gasteiger partial charge in [0.25, 0.3) is 0 Å². The SMILES string of the molecule is CCOC(=O)C(C=Nc1nc(C)nc2ccccc12)C(=O)OCC. The Bertz CT molecular complexity index is 756. The zero-order valence-corrected chi connectivity index (χ0v) is 13.9. The minimum atomic E-state index is -1.22. The minimum Gasteiger partial charge on any atom is -0.465 e. The van der Waals surface area contributed by atoms with Crippen LogP contribution in [-0.4, -0.2) is 41.3 Å². The number of aromatic nitrogens is 2. The van der Waals surface area contributed by atoms with Crippen LogP contribution in [0.4, 0.5) is 5.82 Å². The summed E-state index contributed by atoms with van der Waals surface area (Å²) >= 11 is 0. The molecule has 0 unspecified atom stereocenters. The van der Waals surface area contributed by atoms with E-state index in [1.54, 1.807) is 20.8 Å². The molecule has 0 aliphatic rings. The highest BCUT2D eigenvalue weighted by Crippen LogP contribution is 2.22. The molecule has 0 fully saturated rings. The van der Waals surface area contributed by atoms with Crippen molar-refractivity contribution in [2.75, 3.05) is 13.2 Å². The second kappa shape index (κ2) is 8.14. The van der Waals surface area contributed by atoms with Gasteiger partial charge in [0.15, 0.2) is 11.7 Å². The van der Waals surface area contributed by atoms with Crippen molar-refractivity contribution in [3.63, 3.8) is 0 Å². The lowest BCUT2D eigenvalue weighted by molar-refractivity contribution is -0.157. The molecular weight excluding hydrogens is 310 g/mol. The number of nitrogens with zero attached hydrogens (tertiary/aromatic N) is 3. The van der Waals surface area contributed by atoms with Gasteiger partial charge in [0, 0.05) is 11.6 Å². The van der Waals surface area contributed by atoms with Crippen molar-refractivity contribution in [3.8, 4) is 0 Å². The molecule has 0 N–H and O–H groups in total. The van der Waals surface area contributed by atoms with Crippen molar-refractivity contribution >= 4 is 34.9 Å². The summed E-state index contributed by atoms with van der Waals surface area (Å²) in [7, 11) is 0. The number of carbonyl (C=O) groups excluding carboxylic acids is 2. The summed E-state index contributed by atoms with van der Waals surface area (Å²) in [5.41, 5.74) is 0.737. The van der Waals surface area contributed by atoms with Crippen molar-refractivity contribution in [3.05, 3.63) is 30.1 Å². The number of hydrogen-bond donors (Lipinski definition) is 0. The van der Waals surface area contributed by atoms with Crippen LogP contribution in [0.1, 0.15) is 19.7 Å². The Balaban J connectivity index is 2.38. The third-order valence-corrected chi connectivity index (χ3v) is 3.12. The summed E-state index contributed by atoms with van der Waals surface area (Å²) in [6.07, 6.45) is 1.21. The van der Waals surface area contributed by atoms with Crippen LogP contribution in [0.15, 0.2) is 29.3 Å². The highest BCUT2D eigenvalue weighted by molar-refractivity contribution is 6.09. The molecule has 0 saturated carbocycles. The highest BCUT2D eigenvalue weighted by Gasteiger charge is 2.27. The molecule has 0 atom stereocenters. The van der Waals surface area contributed by atoms with Gasteiger partial charge in [-0.2, -0.15) is 0 Å². The number of aliphatic imine (C=N–C) groups is 1. The second-order valence-electron chi connectivity index (χ2n) is 4.87. The number of benzene rings is 1. The molecule has 0 amide bonds. The van der Waals surface area contributed by atoms with Crippen LogP contribution in [0, 0.1) is 12.8 Å². The maximum absolute atomic E-state index is 12.0. The molecule has 126 valence electrons. The van der Waals surface area contributed by atoms with Gasteiger partial charge in [0.2, 0.25) is 0 Å². The first-order chi connectivity index (χ1) is 11.6. The summed E-state index contributed by atoms with van der Waals surface area (Å²) in [5.74, 6) is -1.69. The van der Waals surface area contributed by atoms with Crippen molar-refractivity contribution in [1.82, 2.24) is 9.97 Å². The van der Waals surface area contributed by atoms with E-state index in [9.17, 15) is 9.59 Å².